The van der Waals surface area contributed by atoms with E-state index in [-0.39, 0.29) is 25.7 Å². The molecule has 2 rings (SSSR count). The average molecular weight is 341 g/mol. The molecule has 2 heterocycles. The third-order valence-corrected chi connectivity index (χ3v) is 3.92. The molecule has 24 heavy (non-hydrogen) atoms. The van der Waals surface area contributed by atoms with Crippen LogP contribution >= 0.6 is 0 Å². The van der Waals surface area contributed by atoms with E-state index in [1.807, 2.05) is 0 Å². The summed E-state index contributed by atoms with van der Waals surface area (Å²) in [5, 5.41) is 18.7. The Balaban J connectivity index is 2.70. The minimum absolute atomic E-state index is 0.287. The van der Waals surface area contributed by atoms with Gasteiger partial charge < -0.3 is 10.2 Å². The van der Waals surface area contributed by atoms with Crippen molar-refractivity contribution in [2.75, 3.05) is 13.6 Å². The lowest BCUT2D eigenvalue weighted by atomic mass is 10.2. The first-order chi connectivity index (χ1) is 11.1. The molecule has 0 aromatic carbocycles. The fourth-order valence-corrected chi connectivity index (χ4v) is 2.96. The highest BCUT2D eigenvalue weighted by atomic mass is 16.4. The van der Waals surface area contributed by atoms with Crippen molar-refractivity contribution in [3.8, 4) is 0 Å². The molecule has 130 valence electrons. The normalized spacial score (nSPS) is 18.9. The van der Waals surface area contributed by atoms with E-state index in [0.29, 0.717) is 14.7 Å². The Morgan fingerprint density at radius 1 is 0.917 bits per heavy atom. The minimum atomic E-state index is -2.83. The Bertz CT molecular complexity index is 590. The maximum absolute atomic E-state index is 12.1. The van der Waals surface area contributed by atoms with Crippen LogP contribution in [0.25, 0.3) is 0 Å². The summed E-state index contributed by atoms with van der Waals surface area (Å²) < 4.78 is 0. The third-order valence-electron chi connectivity index (χ3n) is 3.92. The maximum atomic E-state index is 12.1. The summed E-state index contributed by atoms with van der Waals surface area (Å²) in [6.07, 6.45) is -1.15. The van der Waals surface area contributed by atoms with Crippen molar-refractivity contribution < 1.29 is 39.0 Å². The van der Waals surface area contributed by atoms with Gasteiger partial charge in [-0.15, -0.1) is 0 Å². The topological polar surface area (TPSA) is 153 Å². The van der Waals surface area contributed by atoms with E-state index in [1.165, 1.54) is 0 Å². The molecule has 0 saturated carbocycles. The number of rotatable bonds is 6. The highest BCUT2D eigenvalue weighted by Gasteiger charge is 2.63. The standard InChI is InChI=1S/C13H15N3O8/c1-14(6-11(21)22)13(12(23)24,15-7(17)2-3-8(15)18)16-9(19)4-5-10(16)20/h2-6H2,1H3,(H,21,22)(H,23,24). The van der Waals surface area contributed by atoms with E-state index in [2.05, 4.69) is 0 Å². The first-order valence-corrected chi connectivity index (χ1v) is 7.02. The molecule has 0 atom stereocenters. The van der Waals surface area contributed by atoms with E-state index in [0.717, 1.165) is 7.05 Å². The molecular formula is C13H15N3O8. The van der Waals surface area contributed by atoms with E-state index < -0.39 is 47.9 Å². The molecule has 2 aliphatic rings. The zero-order chi connectivity index (χ0) is 18.2. The fourth-order valence-electron chi connectivity index (χ4n) is 2.96. The number of carbonyl (C=O) groups excluding carboxylic acids is 4. The number of carbonyl (C=O) groups is 6. The van der Waals surface area contributed by atoms with E-state index in [9.17, 15) is 33.9 Å². The highest BCUT2D eigenvalue weighted by molar-refractivity contribution is 6.11. The van der Waals surface area contributed by atoms with Gasteiger partial charge in [0.2, 0.25) is 23.6 Å². The van der Waals surface area contributed by atoms with E-state index in [1.54, 1.807) is 0 Å². The SMILES string of the molecule is CN(CC(=O)O)C(C(=O)O)(N1C(=O)CCC1=O)N1C(=O)CCC1=O. The predicted molar refractivity (Wildman–Crippen MR) is 72.8 cm³/mol. The number of carboxylic acids is 2. The zero-order valence-corrected chi connectivity index (χ0v) is 12.7. The maximum Gasteiger partial charge on any atom is 0.368 e. The van der Waals surface area contributed by atoms with Crippen molar-refractivity contribution in [2.24, 2.45) is 0 Å². The van der Waals surface area contributed by atoms with Crippen LogP contribution in [0.4, 0.5) is 0 Å². The monoisotopic (exact) mass is 341 g/mol. The van der Waals surface area contributed by atoms with Gasteiger partial charge in [-0.05, 0) is 7.05 Å². The van der Waals surface area contributed by atoms with E-state index in [4.69, 9.17) is 5.11 Å². The molecular weight excluding hydrogens is 326 g/mol. The predicted octanol–water partition coefficient (Wildman–Crippen LogP) is -1.96. The molecule has 11 nitrogen and oxygen atoms in total. The van der Waals surface area contributed by atoms with Gasteiger partial charge in [0.1, 0.15) is 6.54 Å². The highest BCUT2D eigenvalue weighted by Crippen LogP contribution is 2.34. The van der Waals surface area contributed by atoms with Gasteiger partial charge in [-0.2, -0.15) is 0 Å². The molecule has 4 amide bonds. The number of hydrogen-bond acceptors (Lipinski definition) is 7. The second-order valence-electron chi connectivity index (χ2n) is 5.44. The zero-order valence-electron chi connectivity index (χ0n) is 12.7. The van der Waals surface area contributed by atoms with Gasteiger partial charge in [-0.3, -0.25) is 24.0 Å². The van der Waals surface area contributed by atoms with Crippen LogP contribution in [0.1, 0.15) is 25.7 Å². The summed E-state index contributed by atoms with van der Waals surface area (Å²) in [5.74, 6) is -9.73. The van der Waals surface area contributed by atoms with Gasteiger partial charge >= 0.3 is 11.9 Å². The Hall–Kier alpha value is -2.82. The van der Waals surface area contributed by atoms with Crippen LogP contribution in [0.5, 0.6) is 0 Å². The molecule has 0 aromatic heterocycles. The van der Waals surface area contributed by atoms with Crippen LogP contribution in [-0.2, 0) is 28.8 Å². The van der Waals surface area contributed by atoms with Gasteiger partial charge in [0.05, 0.1) is 0 Å². The van der Waals surface area contributed by atoms with Crippen molar-refractivity contribution in [2.45, 2.75) is 31.5 Å². The molecule has 2 fully saturated rings. The molecule has 2 N–H and O–H groups in total. The summed E-state index contributed by atoms with van der Waals surface area (Å²) >= 11 is 0. The van der Waals surface area contributed by atoms with Gasteiger partial charge in [-0.1, -0.05) is 0 Å². The van der Waals surface area contributed by atoms with Gasteiger partial charge in [0.15, 0.2) is 0 Å². The number of imide groups is 2. The van der Waals surface area contributed by atoms with Crippen LogP contribution in [0.15, 0.2) is 0 Å². The Kier molecular flexibility index (Phi) is 4.38. The summed E-state index contributed by atoms with van der Waals surface area (Å²) in [4.78, 5) is 72.8. The molecule has 0 unspecified atom stereocenters. The number of hydrogen-bond donors (Lipinski definition) is 2. The van der Waals surface area contributed by atoms with E-state index >= 15 is 0 Å². The third kappa shape index (κ3) is 2.42. The fraction of sp³-hybridized carbons (Fsp3) is 0.538. The summed E-state index contributed by atoms with van der Waals surface area (Å²) in [7, 11) is 1.01. The molecule has 0 aromatic rings. The lowest BCUT2D eigenvalue weighted by Crippen LogP contribution is -2.76. The largest absolute Gasteiger partial charge is 0.480 e. The molecule has 0 spiro atoms. The quantitative estimate of drug-likeness (QED) is 0.524. The molecule has 0 bridgehead atoms. The summed E-state index contributed by atoms with van der Waals surface area (Å²) in [6.45, 7) is -0.916. The minimum Gasteiger partial charge on any atom is -0.480 e. The van der Waals surface area contributed by atoms with Crippen molar-refractivity contribution in [3.05, 3.63) is 0 Å². The van der Waals surface area contributed by atoms with Crippen LogP contribution in [0, 0.1) is 0 Å². The number of nitrogens with zero attached hydrogens (tertiary/aromatic N) is 3. The molecule has 0 aliphatic carbocycles. The van der Waals surface area contributed by atoms with Gasteiger partial charge in [0.25, 0.3) is 5.79 Å². The van der Waals surface area contributed by atoms with Crippen molar-refractivity contribution in [1.29, 1.82) is 0 Å². The lowest BCUT2D eigenvalue weighted by molar-refractivity contribution is -0.205. The number of aliphatic carboxylic acids is 2. The Labute approximate surface area is 135 Å². The molecule has 2 aliphatic heterocycles. The number of amides is 4. The molecule has 0 radical (unpaired) electrons. The Morgan fingerprint density at radius 3 is 1.50 bits per heavy atom. The van der Waals surface area contributed by atoms with Crippen LogP contribution < -0.4 is 0 Å². The molecule has 11 heteroatoms. The molecule has 2 saturated heterocycles. The second kappa shape index (κ2) is 6.00. The Morgan fingerprint density at radius 2 is 1.25 bits per heavy atom. The van der Waals surface area contributed by atoms with Crippen LogP contribution in [0.2, 0.25) is 0 Å². The van der Waals surface area contributed by atoms with Gasteiger partial charge in [-0.25, -0.2) is 19.5 Å². The smallest absolute Gasteiger partial charge is 0.368 e. The number of likely N-dealkylation sites (N-methyl/N-ethyl adjacent to an activating group) is 1. The lowest BCUT2D eigenvalue weighted by Gasteiger charge is -2.46. The van der Waals surface area contributed by atoms with Crippen molar-refractivity contribution in [3.63, 3.8) is 0 Å². The average Bonchev–Trinajstić information content (AvgIpc) is 2.97. The van der Waals surface area contributed by atoms with Crippen LogP contribution in [0.3, 0.4) is 0 Å². The summed E-state index contributed by atoms with van der Waals surface area (Å²) in [5.41, 5.74) is 0. The van der Waals surface area contributed by atoms with Crippen LogP contribution in [-0.4, -0.2) is 79.9 Å². The summed E-state index contributed by atoms with van der Waals surface area (Å²) in [6, 6.07) is 0. The number of likely N-dealkylation sites (tertiary alicyclic amines) is 2. The first kappa shape index (κ1) is 17.5. The first-order valence-electron chi connectivity index (χ1n) is 7.02. The number of carboxylic acid groups (broad SMARTS) is 2. The van der Waals surface area contributed by atoms with Crippen molar-refractivity contribution in [1.82, 2.24) is 14.7 Å². The second-order valence-corrected chi connectivity index (χ2v) is 5.44. The van der Waals surface area contributed by atoms with Crippen molar-refractivity contribution >= 4 is 35.6 Å². The van der Waals surface area contributed by atoms with Gasteiger partial charge in [0, 0.05) is 25.7 Å².